The van der Waals surface area contributed by atoms with Crippen molar-refractivity contribution in [2.75, 3.05) is 11.9 Å². The molecule has 1 unspecified atom stereocenters. The Morgan fingerprint density at radius 2 is 2.14 bits per heavy atom. The van der Waals surface area contributed by atoms with Gasteiger partial charge in [-0.05, 0) is 31.0 Å². The van der Waals surface area contributed by atoms with Gasteiger partial charge in [-0.2, -0.15) is 0 Å². The number of hydrogen-bond donors (Lipinski definition) is 4. The Hall–Kier alpha value is -2.64. The van der Waals surface area contributed by atoms with Crippen LogP contribution in [0.3, 0.4) is 0 Å². The highest BCUT2D eigenvalue weighted by atomic mass is 19.1. The van der Waals surface area contributed by atoms with E-state index in [9.17, 15) is 18.8 Å². The van der Waals surface area contributed by atoms with Crippen molar-refractivity contribution >= 4 is 23.6 Å². The largest absolute Gasteiger partial charge is 0.478 e. The van der Waals surface area contributed by atoms with Gasteiger partial charge in [-0.3, -0.25) is 4.79 Å². The van der Waals surface area contributed by atoms with Crippen LogP contribution in [0.4, 0.5) is 14.9 Å². The maximum Gasteiger partial charge on any atom is 0.335 e. The number of carboxylic acids is 1. The number of urea groups is 1. The van der Waals surface area contributed by atoms with Gasteiger partial charge in [-0.1, -0.05) is 0 Å². The third-order valence-electron chi connectivity index (χ3n) is 3.05. The SMILES string of the molecule is O=C(Nc1ccc(C(=O)O)cc1F)NC1CCCNC1=O. The molecule has 8 heteroatoms. The van der Waals surface area contributed by atoms with Gasteiger partial charge in [0.1, 0.15) is 11.9 Å². The first-order valence-corrected chi connectivity index (χ1v) is 6.35. The molecular formula is C13H14FN3O4. The first-order chi connectivity index (χ1) is 9.97. The molecule has 2 rings (SSSR count). The second-order valence-corrected chi connectivity index (χ2v) is 4.58. The molecule has 0 bridgehead atoms. The number of benzene rings is 1. The summed E-state index contributed by atoms with van der Waals surface area (Å²) in [7, 11) is 0. The molecule has 0 aromatic heterocycles. The van der Waals surface area contributed by atoms with Gasteiger partial charge in [0.2, 0.25) is 5.91 Å². The molecule has 4 N–H and O–H groups in total. The third-order valence-corrected chi connectivity index (χ3v) is 3.05. The van der Waals surface area contributed by atoms with Crippen molar-refractivity contribution in [1.82, 2.24) is 10.6 Å². The van der Waals surface area contributed by atoms with Gasteiger partial charge in [0.05, 0.1) is 11.3 Å². The maximum absolute atomic E-state index is 13.6. The normalized spacial score (nSPS) is 17.8. The fourth-order valence-corrected chi connectivity index (χ4v) is 1.98. The van der Waals surface area contributed by atoms with Crippen LogP contribution in [0.2, 0.25) is 0 Å². The number of hydrogen-bond acceptors (Lipinski definition) is 3. The van der Waals surface area contributed by atoms with Crippen molar-refractivity contribution in [3.63, 3.8) is 0 Å². The summed E-state index contributed by atoms with van der Waals surface area (Å²) < 4.78 is 13.6. The maximum atomic E-state index is 13.6. The van der Waals surface area contributed by atoms with E-state index in [4.69, 9.17) is 5.11 Å². The lowest BCUT2D eigenvalue weighted by Gasteiger charge is -2.22. The molecule has 0 aliphatic carbocycles. The highest BCUT2D eigenvalue weighted by molar-refractivity contribution is 5.94. The lowest BCUT2D eigenvalue weighted by Crippen LogP contribution is -2.51. The number of aromatic carboxylic acids is 1. The van der Waals surface area contributed by atoms with Crippen LogP contribution in [0.1, 0.15) is 23.2 Å². The first kappa shape index (κ1) is 14.8. The number of piperidine rings is 1. The summed E-state index contributed by atoms with van der Waals surface area (Å²) >= 11 is 0. The van der Waals surface area contributed by atoms with Crippen LogP contribution in [0.15, 0.2) is 18.2 Å². The van der Waals surface area contributed by atoms with Crippen molar-refractivity contribution in [3.05, 3.63) is 29.6 Å². The van der Waals surface area contributed by atoms with Crippen LogP contribution in [-0.2, 0) is 4.79 Å². The van der Waals surface area contributed by atoms with Crippen molar-refractivity contribution in [1.29, 1.82) is 0 Å². The fourth-order valence-electron chi connectivity index (χ4n) is 1.98. The van der Waals surface area contributed by atoms with Crippen LogP contribution in [-0.4, -0.2) is 35.6 Å². The topological polar surface area (TPSA) is 108 Å². The van der Waals surface area contributed by atoms with Gasteiger partial charge in [0.15, 0.2) is 0 Å². The monoisotopic (exact) mass is 295 g/mol. The van der Waals surface area contributed by atoms with Crippen molar-refractivity contribution < 1.29 is 23.9 Å². The second kappa shape index (κ2) is 6.21. The highest BCUT2D eigenvalue weighted by Gasteiger charge is 2.23. The van der Waals surface area contributed by atoms with E-state index in [-0.39, 0.29) is 17.2 Å². The van der Waals surface area contributed by atoms with Gasteiger partial charge in [-0.15, -0.1) is 0 Å². The summed E-state index contributed by atoms with van der Waals surface area (Å²) in [5, 5.41) is 16.0. The molecular weight excluding hydrogens is 281 g/mol. The Kier molecular flexibility index (Phi) is 4.36. The predicted molar refractivity (Wildman–Crippen MR) is 71.5 cm³/mol. The fraction of sp³-hybridized carbons (Fsp3) is 0.308. The molecule has 3 amide bonds. The molecule has 0 radical (unpaired) electrons. The molecule has 1 fully saturated rings. The Balaban J connectivity index is 1.99. The number of amides is 3. The predicted octanol–water partition coefficient (Wildman–Crippen LogP) is 0.924. The molecule has 0 saturated carbocycles. The van der Waals surface area contributed by atoms with E-state index in [1.165, 1.54) is 6.07 Å². The first-order valence-electron chi connectivity index (χ1n) is 6.35. The van der Waals surface area contributed by atoms with E-state index < -0.39 is 23.9 Å². The zero-order valence-electron chi connectivity index (χ0n) is 11.0. The van der Waals surface area contributed by atoms with E-state index in [2.05, 4.69) is 16.0 Å². The number of rotatable bonds is 3. The zero-order chi connectivity index (χ0) is 15.4. The Bertz CT molecular complexity index is 591. The minimum absolute atomic E-state index is 0.159. The number of carbonyl (C=O) groups excluding carboxylic acids is 2. The quantitative estimate of drug-likeness (QED) is 0.665. The summed E-state index contributed by atoms with van der Waals surface area (Å²) in [6.07, 6.45) is 1.26. The smallest absolute Gasteiger partial charge is 0.335 e. The van der Waals surface area contributed by atoms with Crippen LogP contribution < -0.4 is 16.0 Å². The van der Waals surface area contributed by atoms with Crippen LogP contribution in [0.25, 0.3) is 0 Å². The average molecular weight is 295 g/mol. The van der Waals surface area contributed by atoms with Crippen molar-refractivity contribution in [3.8, 4) is 0 Å². The van der Waals surface area contributed by atoms with Gasteiger partial charge in [0.25, 0.3) is 0 Å². The molecule has 1 aromatic carbocycles. The highest BCUT2D eigenvalue weighted by Crippen LogP contribution is 2.16. The zero-order valence-corrected chi connectivity index (χ0v) is 11.0. The lowest BCUT2D eigenvalue weighted by atomic mass is 10.1. The molecule has 21 heavy (non-hydrogen) atoms. The summed E-state index contributed by atoms with van der Waals surface area (Å²) in [5.41, 5.74) is -0.376. The molecule has 112 valence electrons. The molecule has 1 aliphatic rings. The van der Waals surface area contributed by atoms with Crippen LogP contribution in [0, 0.1) is 5.82 Å². The van der Waals surface area contributed by atoms with Gasteiger partial charge in [-0.25, -0.2) is 14.0 Å². The minimum Gasteiger partial charge on any atom is -0.478 e. The average Bonchev–Trinajstić information content (AvgIpc) is 2.43. The van der Waals surface area contributed by atoms with E-state index in [0.29, 0.717) is 13.0 Å². The minimum atomic E-state index is -1.26. The lowest BCUT2D eigenvalue weighted by molar-refractivity contribution is -0.124. The summed E-state index contributed by atoms with van der Waals surface area (Å²) in [5.74, 6) is -2.40. The summed E-state index contributed by atoms with van der Waals surface area (Å²) in [6, 6.07) is 1.76. The van der Waals surface area contributed by atoms with Crippen LogP contribution >= 0.6 is 0 Å². The van der Waals surface area contributed by atoms with Crippen molar-refractivity contribution in [2.45, 2.75) is 18.9 Å². The molecule has 1 atom stereocenters. The number of nitrogens with one attached hydrogen (secondary N) is 3. The standard InChI is InChI=1S/C13H14FN3O4/c14-8-6-7(12(19)20)3-4-9(8)16-13(21)17-10-2-1-5-15-11(10)18/h3-4,6,10H,1-2,5H2,(H,15,18)(H,19,20)(H2,16,17,21). The van der Waals surface area contributed by atoms with Crippen molar-refractivity contribution in [2.24, 2.45) is 0 Å². The second-order valence-electron chi connectivity index (χ2n) is 4.58. The van der Waals surface area contributed by atoms with E-state index in [1.807, 2.05) is 0 Å². The summed E-state index contributed by atoms with van der Waals surface area (Å²) in [4.78, 5) is 33.9. The number of halogens is 1. The summed E-state index contributed by atoms with van der Waals surface area (Å²) in [6.45, 7) is 0.573. The van der Waals surface area contributed by atoms with E-state index >= 15 is 0 Å². The van der Waals surface area contributed by atoms with Gasteiger partial charge in [0, 0.05) is 6.54 Å². The third kappa shape index (κ3) is 3.68. The van der Waals surface area contributed by atoms with Crippen LogP contribution in [0.5, 0.6) is 0 Å². The molecule has 1 heterocycles. The molecule has 0 spiro atoms. The van der Waals surface area contributed by atoms with E-state index in [0.717, 1.165) is 18.6 Å². The number of carbonyl (C=O) groups is 3. The molecule has 1 saturated heterocycles. The Labute approximate surface area is 119 Å². The van der Waals surface area contributed by atoms with Gasteiger partial charge >= 0.3 is 12.0 Å². The number of carboxylic acid groups (broad SMARTS) is 1. The van der Waals surface area contributed by atoms with Gasteiger partial charge < -0.3 is 21.1 Å². The Morgan fingerprint density at radius 1 is 1.38 bits per heavy atom. The Morgan fingerprint density at radius 3 is 2.76 bits per heavy atom. The number of anilines is 1. The molecule has 7 nitrogen and oxygen atoms in total. The molecule has 1 aliphatic heterocycles. The molecule has 1 aromatic rings. The van der Waals surface area contributed by atoms with E-state index in [1.54, 1.807) is 0 Å².